The second kappa shape index (κ2) is 7.56. The predicted molar refractivity (Wildman–Crippen MR) is 89.8 cm³/mol. The summed E-state index contributed by atoms with van der Waals surface area (Å²) in [5.74, 6) is 0.682. The zero-order chi connectivity index (χ0) is 16.1. The Labute approximate surface area is 139 Å². The van der Waals surface area contributed by atoms with Gasteiger partial charge in [-0.3, -0.25) is 9.00 Å². The fourth-order valence-electron chi connectivity index (χ4n) is 2.00. The summed E-state index contributed by atoms with van der Waals surface area (Å²) in [5, 5.41) is 8.84. The Morgan fingerprint density at radius 1 is 1.27 bits per heavy atom. The van der Waals surface area contributed by atoms with Crippen LogP contribution >= 0.6 is 15.9 Å². The van der Waals surface area contributed by atoms with E-state index in [9.17, 15) is 9.00 Å². The lowest BCUT2D eigenvalue weighted by molar-refractivity contribution is -0.136. The maximum atomic E-state index is 11.5. The van der Waals surface area contributed by atoms with Crippen molar-refractivity contribution in [3.8, 4) is 11.5 Å². The van der Waals surface area contributed by atoms with Crippen molar-refractivity contribution in [3.63, 3.8) is 0 Å². The Bertz CT molecular complexity index is 715. The number of aliphatic carboxylic acids is 1. The minimum atomic E-state index is -0.984. The molecule has 1 N–H and O–H groups in total. The SMILES string of the molecule is CS(=O)Cc1cc(Br)ccc1Oc1cccc(CC(=O)O)c1. The van der Waals surface area contributed by atoms with Crippen LogP contribution in [-0.2, 0) is 27.8 Å². The Balaban J connectivity index is 2.26. The quantitative estimate of drug-likeness (QED) is 0.826. The third-order valence-electron chi connectivity index (χ3n) is 2.86. The van der Waals surface area contributed by atoms with Crippen molar-refractivity contribution in [2.75, 3.05) is 6.26 Å². The maximum absolute atomic E-state index is 11.5. The lowest BCUT2D eigenvalue weighted by Gasteiger charge is -2.12. The van der Waals surface area contributed by atoms with Gasteiger partial charge >= 0.3 is 5.97 Å². The molecule has 0 bridgehead atoms. The van der Waals surface area contributed by atoms with Gasteiger partial charge in [-0.1, -0.05) is 28.1 Å². The van der Waals surface area contributed by atoms with E-state index in [2.05, 4.69) is 15.9 Å². The molecule has 0 saturated carbocycles. The zero-order valence-electron chi connectivity index (χ0n) is 11.9. The first-order valence-corrected chi connectivity index (χ1v) is 9.03. The average Bonchev–Trinajstić information content (AvgIpc) is 2.41. The Hall–Kier alpha value is -1.66. The molecule has 6 heteroatoms. The molecule has 0 heterocycles. The van der Waals surface area contributed by atoms with Gasteiger partial charge in [0.25, 0.3) is 0 Å². The van der Waals surface area contributed by atoms with Crippen LogP contribution in [0.15, 0.2) is 46.9 Å². The molecule has 0 aliphatic heterocycles. The average molecular weight is 383 g/mol. The molecule has 116 valence electrons. The van der Waals surface area contributed by atoms with Gasteiger partial charge in [-0.25, -0.2) is 0 Å². The van der Waals surface area contributed by atoms with Crippen LogP contribution in [0.2, 0.25) is 0 Å². The van der Waals surface area contributed by atoms with Gasteiger partial charge < -0.3 is 9.84 Å². The van der Waals surface area contributed by atoms with Gasteiger partial charge in [0.15, 0.2) is 0 Å². The number of carbonyl (C=O) groups is 1. The van der Waals surface area contributed by atoms with Gasteiger partial charge in [0, 0.05) is 27.1 Å². The van der Waals surface area contributed by atoms with Crippen LogP contribution in [0.4, 0.5) is 0 Å². The van der Waals surface area contributed by atoms with Crippen LogP contribution < -0.4 is 4.74 Å². The highest BCUT2D eigenvalue weighted by molar-refractivity contribution is 9.10. The van der Waals surface area contributed by atoms with E-state index in [0.717, 1.165) is 10.0 Å². The third kappa shape index (κ3) is 4.96. The number of ether oxygens (including phenoxy) is 1. The van der Waals surface area contributed by atoms with E-state index >= 15 is 0 Å². The summed E-state index contributed by atoms with van der Waals surface area (Å²) in [7, 11) is -0.984. The maximum Gasteiger partial charge on any atom is 0.307 e. The van der Waals surface area contributed by atoms with E-state index in [4.69, 9.17) is 9.84 Å². The minimum Gasteiger partial charge on any atom is -0.481 e. The molecule has 22 heavy (non-hydrogen) atoms. The molecule has 0 spiro atoms. The van der Waals surface area contributed by atoms with Crippen LogP contribution in [0.25, 0.3) is 0 Å². The van der Waals surface area contributed by atoms with E-state index in [1.165, 1.54) is 0 Å². The molecule has 2 aromatic carbocycles. The van der Waals surface area contributed by atoms with Gasteiger partial charge in [0.05, 0.1) is 12.2 Å². The number of carboxylic acids is 1. The molecule has 0 radical (unpaired) electrons. The van der Waals surface area contributed by atoms with Crippen molar-refractivity contribution >= 4 is 32.7 Å². The summed E-state index contributed by atoms with van der Waals surface area (Å²) in [6.45, 7) is 0. The van der Waals surface area contributed by atoms with E-state index in [1.807, 2.05) is 12.1 Å². The van der Waals surface area contributed by atoms with Crippen molar-refractivity contribution in [1.82, 2.24) is 0 Å². The van der Waals surface area contributed by atoms with E-state index in [1.54, 1.807) is 36.6 Å². The number of benzene rings is 2. The van der Waals surface area contributed by atoms with Crippen LogP contribution in [0.1, 0.15) is 11.1 Å². The van der Waals surface area contributed by atoms with Gasteiger partial charge in [0.2, 0.25) is 0 Å². The number of halogens is 1. The predicted octanol–water partition coefficient (Wildman–Crippen LogP) is 3.75. The highest BCUT2D eigenvalue weighted by Crippen LogP contribution is 2.29. The lowest BCUT2D eigenvalue weighted by Crippen LogP contribution is -2.00. The summed E-state index contributed by atoms with van der Waals surface area (Å²) in [5.41, 5.74) is 1.50. The number of hydrogen-bond acceptors (Lipinski definition) is 3. The molecular formula is C16H15BrO4S. The first-order valence-electron chi connectivity index (χ1n) is 6.51. The van der Waals surface area contributed by atoms with E-state index in [-0.39, 0.29) is 6.42 Å². The van der Waals surface area contributed by atoms with Crippen LogP contribution in [0.5, 0.6) is 11.5 Å². The molecule has 2 aromatic rings. The molecule has 1 atom stereocenters. The molecule has 0 saturated heterocycles. The van der Waals surface area contributed by atoms with Crippen LogP contribution in [0, 0.1) is 0 Å². The lowest BCUT2D eigenvalue weighted by atomic mass is 10.1. The highest BCUT2D eigenvalue weighted by Gasteiger charge is 2.09. The van der Waals surface area contributed by atoms with Crippen molar-refractivity contribution < 1.29 is 18.8 Å². The van der Waals surface area contributed by atoms with Gasteiger partial charge in [-0.15, -0.1) is 0 Å². The molecular weight excluding hydrogens is 368 g/mol. The Kier molecular flexibility index (Phi) is 5.74. The standard InChI is InChI=1S/C16H15BrO4S/c1-22(20)10-12-9-13(17)5-6-15(12)21-14-4-2-3-11(7-14)8-16(18)19/h2-7,9H,8,10H2,1H3,(H,18,19). The van der Waals surface area contributed by atoms with Gasteiger partial charge in [-0.2, -0.15) is 0 Å². The van der Waals surface area contributed by atoms with Gasteiger partial charge in [-0.05, 0) is 35.9 Å². The molecule has 1 unspecified atom stereocenters. The summed E-state index contributed by atoms with van der Waals surface area (Å²) in [4.78, 5) is 10.8. The summed E-state index contributed by atoms with van der Waals surface area (Å²) in [6.07, 6.45) is 1.58. The van der Waals surface area contributed by atoms with E-state index < -0.39 is 16.8 Å². The summed E-state index contributed by atoms with van der Waals surface area (Å²) < 4.78 is 18.2. The summed E-state index contributed by atoms with van der Waals surface area (Å²) in [6, 6.07) is 12.5. The van der Waals surface area contributed by atoms with E-state index in [0.29, 0.717) is 22.8 Å². The fraction of sp³-hybridized carbons (Fsp3) is 0.188. The molecule has 2 rings (SSSR count). The first kappa shape index (κ1) is 16.7. The minimum absolute atomic E-state index is 0.0522. The van der Waals surface area contributed by atoms with Crippen molar-refractivity contribution in [1.29, 1.82) is 0 Å². The summed E-state index contributed by atoms with van der Waals surface area (Å²) >= 11 is 3.39. The molecule has 0 aliphatic rings. The number of carboxylic acid groups (broad SMARTS) is 1. The highest BCUT2D eigenvalue weighted by atomic mass is 79.9. The fourth-order valence-corrected chi connectivity index (χ4v) is 3.07. The Morgan fingerprint density at radius 3 is 2.73 bits per heavy atom. The number of hydrogen-bond donors (Lipinski definition) is 1. The van der Waals surface area contributed by atoms with Crippen LogP contribution in [0.3, 0.4) is 0 Å². The zero-order valence-corrected chi connectivity index (χ0v) is 14.3. The molecule has 0 aromatic heterocycles. The van der Waals surface area contributed by atoms with Crippen LogP contribution in [-0.4, -0.2) is 21.5 Å². The Morgan fingerprint density at radius 2 is 2.05 bits per heavy atom. The van der Waals surface area contributed by atoms with Gasteiger partial charge in [0.1, 0.15) is 11.5 Å². The third-order valence-corrected chi connectivity index (χ3v) is 4.07. The smallest absolute Gasteiger partial charge is 0.307 e. The topological polar surface area (TPSA) is 63.6 Å². The molecule has 4 nitrogen and oxygen atoms in total. The molecule has 0 aliphatic carbocycles. The van der Waals surface area contributed by atoms with Crippen molar-refractivity contribution in [2.24, 2.45) is 0 Å². The van der Waals surface area contributed by atoms with Crippen molar-refractivity contribution in [2.45, 2.75) is 12.2 Å². The second-order valence-corrected chi connectivity index (χ2v) is 7.14. The molecule has 0 fully saturated rings. The van der Waals surface area contributed by atoms with Crippen molar-refractivity contribution in [3.05, 3.63) is 58.1 Å². The normalized spacial score (nSPS) is 11.9. The second-order valence-electron chi connectivity index (χ2n) is 4.79. The largest absolute Gasteiger partial charge is 0.481 e. The first-order chi connectivity index (χ1) is 10.4. The monoisotopic (exact) mass is 382 g/mol. The molecule has 0 amide bonds. The number of rotatable bonds is 6.